The molecule has 0 amide bonds. The van der Waals surface area contributed by atoms with Gasteiger partial charge < -0.3 is 4.74 Å². The fourth-order valence-electron chi connectivity index (χ4n) is 3.25. The highest BCUT2D eigenvalue weighted by Crippen LogP contribution is 2.13. The number of methoxy groups -OCH3 is 1. The Balaban J connectivity index is 1.50. The molecular weight excluding hydrogens is 331 g/mol. The zero-order valence-electron chi connectivity index (χ0n) is 15.4. The summed E-state index contributed by atoms with van der Waals surface area (Å²) >= 11 is 0. The zero-order valence-corrected chi connectivity index (χ0v) is 15.4. The molecule has 1 aromatic heterocycles. The average molecular weight is 358 g/mol. The van der Waals surface area contributed by atoms with E-state index in [-0.39, 0.29) is 5.82 Å². The topological polar surface area (TPSA) is 41.5 Å². The second kappa shape index (κ2) is 9.71. The van der Waals surface area contributed by atoms with Gasteiger partial charge in [-0.05, 0) is 25.6 Å². The van der Waals surface area contributed by atoms with Gasteiger partial charge in [0.1, 0.15) is 11.6 Å². The molecular formula is C20H27FN4O. The first kappa shape index (κ1) is 18.9. The van der Waals surface area contributed by atoms with Crippen molar-refractivity contribution in [3.05, 3.63) is 59.4 Å². The molecule has 0 bridgehead atoms. The van der Waals surface area contributed by atoms with Crippen LogP contribution < -0.4 is 0 Å². The van der Waals surface area contributed by atoms with Crippen LogP contribution >= 0.6 is 0 Å². The quantitative estimate of drug-likeness (QED) is 0.761. The molecule has 2 aromatic rings. The number of halogens is 1. The first-order chi connectivity index (χ1) is 12.7. The highest BCUT2D eigenvalue weighted by Gasteiger charge is 2.16. The summed E-state index contributed by atoms with van der Waals surface area (Å²) in [5.41, 5.74) is 1.91. The summed E-state index contributed by atoms with van der Waals surface area (Å²) in [4.78, 5) is 13.6. The Morgan fingerprint density at radius 2 is 1.69 bits per heavy atom. The fraction of sp³-hybridized carbons (Fsp3) is 0.500. The second-order valence-corrected chi connectivity index (χ2v) is 6.75. The van der Waals surface area contributed by atoms with Crippen molar-refractivity contribution in [2.45, 2.75) is 25.9 Å². The summed E-state index contributed by atoms with van der Waals surface area (Å²) in [5.74, 6) is 0.710. The lowest BCUT2D eigenvalue weighted by Crippen LogP contribution is -2.30. The summed E-state index contributed by atoms with van der Waals surface area (Å²) in [6, 6.07) is 7.06. The Hall–Kier alpha value is -1.89. The van der Waals surface area contributed by atoms with Gasteiger partial charge in [0.25, 0.3) is 0 Å². The Kier molecular flexibility index (Phi) is 7.05. The molecule has 0 atom stereocenters. The number of nitrogens with zero attached hydrogens (tertiary/aromatic N) is 4. The molecule has 0 radical (unpaired) electrons. The van der Waals surface area contributed by atoms with Crippen molar-refractivity contribution in [1.82, 2.24) is 19.8 Å². The van der Waals surface area contributed by atoms with Crippen molar-refractivity contribution in [3.8, 4) is 0 Å². The van der Waals surface area contributed by atoms with Crippen molar-refractivity contribution in [2.75, 3.05) is 39.9 Å². The number of aromatic nitrogens is 2. The maximum Gasteiger partial charge on any atom is 0.130 e. The number of rotatable bonds is 7. The van der Waals surface area contributed by atoms with Gasteiger partial charge >= 0.3 is 0 Å². The number of benzene rings is 1. The largest absolute Gasteiger partial charge is 0.384 e. The van der Waals surface area contributed by atoms with Crippen molar-refractivity contribution in [1.29, 1.82) is 0 Å². The first-order valence-electron chi connectivity index (χ1n) is 9.21. The molecule has 1 aliphatic rings. The molecule has 1 aliphatic heterocycles. The van der Waals surface area contributed by atoms with Crippen LogP contribution in [0.1, 0.15) is 23.4 Å². The molecule has 1 saturated heterocycles. The van der Waals surface area contributed by atoms with Gasteiger partial charge in [-0.1, -0.05) is 18.2 Å². The van der Waals surface area contributed by atoms with Crippen LogP contribution in [0.15, 0.2) is 36.7 Å². The number of hydrogen-bond donors (Lipinski definition) is 0. The van der Waals surface area contributed by atoms with Gasteiger partial charge in [-0.25, -0.2) is 14.4 Å². The Bertz CT molecular complexity index is 680. The van der Waals surface area contributed by atoms with E-state index in [1.165, 1.54) is 6.07 Å². The molecule has 0 aliphatic carbocycles. The highest BCUT2D eigenvalue weighted by molar-refractivity contribution is 5.17. The molecule has 0 N–H and O–H groups in total. The van der Waals surface area contributed by atoms with Gasteiger partial charge in [0, 0.05) is 63.2 Å². The van der Waals surface area contributed by atoms with Crippen LogP contribution in [0.4, 0.5) is 4.39 Å². The van der Waals surface area contributed by atoms with E-state index in [0.29, 0.717) is 13.2 Å². The van der Waals surface area contributed by atoms with E-state index >= 15 is 0 Å². The lowest BCUT2D eigenvalue weighted by molar-refractivity contribution is 0.200. The molecule has 1 fully saturated rings. The third-order valence-electron chi connectivity index (χ3n) is 4.73. The molecule has 3 rings (SSSR count). The molecule has 0 unspecified atom stereocenters. The van der Waals surface area contributed by atoms with Gasteiger partial charge in [-0.3, -0.25) is 9.80 Å². The molecule has 5 nitrogen and oxygen atoms in total. The smallest absolute Gasteiger partial charge is 0.130 e. The zero-order chi connectivity index (χ0) is 18.2. The van der Waals surface area contributed by atoms with Crippen LogP contribution in [0.5, 0.6) is 0 Å². The summed E-state index contributed by atoms with van der Waals surface area (Å²) < 4.78 is 18.9. The van der Waals surface area contributed by atoms with E-state index in [2.05, 4.69) is 19.8 Å². The Morgan fingerprint density at radius 1 is 1.00 bits per heavy atom. The molecule has 0 saturated carbocycles. The summed E-state index contributed by atoms with van der Waals surface area (Å²) in [5, 5.41) is 0. The standard InChI is InChI=1S/C20H27FN4O/c1-26-12-7-20-22-13-17(14-23-20)15-24-8-4-9-25(11-10-24)16-18-5-2-3-6-19(18)21/h2-3,5-6,13-14H,4,7-12,15-16H2,1H3. The van der Waals surface area contributed by atoms with Crippen LogP contribution in [-0.2, 0) is 24.2 Å². The van der Waals surface area contributed by atoms with E-state index in [0.717, 1.165) is 62.5 Å². The van der Waals surface area contributed by atoms with Gasteiger partial charge in [-0.15, -0.1) is 0 Å². The normalized spacial score (nSPS) is 16.5. The van der Waals surface area contributed by atoms with Gasteiger partial charge in [-0.2, -0.15) is 0 Å². The summed E-state index contributed by atoms with van der Waals surface area (Å²) in [6.07, 6.45) is 5.66. The summed E-state index contributed by atoms with van der Waals surface area (Å²) in [7, 11) is 1.68. The van der Waals surface area contributed by atoms with Crippen LogP contribution in [0.25, 0.3) is 0 Å². The predicted molar refractivity (Wildman–Crippen MR) is 99.2 cm³/mol. The maximum atomic E-state index is 13.9. The van der Waals surface area contributed by atoms with Gasteiger partial charge in [0.15, 0.2) is 0 Å². The highest BCUT2D eigenvalue weighted by atomic mass is 19.1. The Labute approximate surface area is 154 Å². The predicted octanol–water partition coefficient (Wildman–Crippen LogP) is 2.51. The lowest BCUT2D eigenvalue weighted by atomic mass is 10.2. The van der Waals surface area contributed by atoms with E-state index in [1.54, 1.807) is 13.2 Å². The molecule has 140 valence electrons. The fourth-order valence-corrected chi connectivity index (χ4v) is 3.25. The first-order valence-corrected chi connectivity index (χ1v) is 9.21. The molecule has 1 aromatic carbocycles. The number of hydrogen-bond acceptors (Lipinski definition) is 5. The van der Waals surface area contributed by atoms with Gasteiger partial charge in [0.05, 0.1) is 6.61 Å². The minimum Gasteiger partial charge on any atom is -0.384 e. The monoisotopic (exact) mass is 358 g/mol. The van der Waals surface area contributed by atoms with Crippen LogP contribution in [-0.4, -0.2) is 59.7 Å². The van der Waals surface area contributed by atoms with E-state index in [1.807, 2.05) is 24.5 Å². The average Bonchev–Trinajstić information content (AvgIpc) is 2.88. The van der Waals surface area contributed by atoms with E-state index in [9.17, 15) is 4.39 Å². The summed E-state index contributed by atoms with van der Waals surface area (Å²) in [6.45, 7) is 6.14. The van der Waals surface area contributed by atoms with E-state index < -0.39 is 0 Å². The molecule has 2 heterocycles. The second-order valence-electron chi connectivity index (χ2n) is 6.75. The SMILES string of the molecule is COCCc1ncc(CN2CCCN(Cc3ccccc3F)CC2)cn1. The van der Waals surface area contributed by atoms with Crippen LogP contribution in [0.3, 0.4) is 0 Å². The van der Waals surface area contributed by atoms with Crippen molar-refractivity contribution in [2.24, 2.45) is 0 Å². The molecule has 6 heteroatoms. The molecule has 0 spiro atoms. The Morgan fingerprint density at radius 3 is 2.38 bits per heavy atom. The lowest BCUT2D eigenvalue weighted by Gasteiger charge is -2.22. The van der Waals surface area contributed by atoms with Crippen molar-refractivity contribution < 1.29 is 9.13 Å². The minimum atomic E-state index is -0.112. The van der Waals surface area contributed by atoms with E-state index in [4.69, 9.17) is 4.74 Å². The number of ether oxygens (including phenoxy) is 1. The van der Waals surface area contributed by atoms with Crippen molar-refractivity contribution >= 4 is 0 Å². The van der Waals surface area contributed by atoms with Crippen molar-refractivity contribution in [3.63, 3.8) is 0 Å². The van der Waals surface area contributed by atoms with Gasteiger partial charge in [0.2, 0.25) is 0 Å². The maximum absolute atomic E-state index is 13.9. The van der Waals surface area contributed by atoms with Crippen LogP contribution in [0, 0.1) is 5.82 Å². The molecule has 26 heavy (non-hydrogen) atoms. The third kappa shape index (κ3) is 5.56. The third-order valence-corrected chi connectivity index (χ3v) is 4.73. The minimum absolute atomic E-state index is 0.112. The van der Waals surface area contributed by atoms with Crippen LogP contribution in [0.2, 0.25) is 0 Å².